The number of benzene rings is 4. The molecule has 0 saturated carbocycles. The summed E-state index contributed by atoms with van der Waals surface area (Å²) in [6.45, 7) is 6.69. The van der Waals surface area contributed by atoms with E-state index in [1.54, 1.807) is 12.1 Å². The number of hydrogen-bond acceptors (Lipinski definition) is 4. The molecule has 52 heavy (non-hydrogen) atoms. The molecule has 1 radical (unpaired) electrons. The summed E-state index contributed by atoms with van der Waals surface area (Å²) in [5.74, 6) is 1.56. The van der Waals surface area contributed by atoms with Crippen LogP contribution in [-0.2, 0) is 20.1 Å². The SMILES string of the molecule is Cc1cc(-c2ccc3o[c-]c(-c4nc5ccccc5n4-c4c(C(C)C)cccc4C(C)C)c3c2)ccn1.[2H]C([2H])([2H])c1c[c-]c(-c2ccc(C([2H])([2H])[2H])cn2)cc1.[Ir]. The van der Waals surface area contributed by atoms with E-state index in [1.165, 1.54) is 41.2 Å². The first-order chi connectivity index (χ1) is 27.1. The fourth-order valence-corrected chi connectivity index (χ4v) is 6.37. The average Bonchev–Trinajstić information content (AvgIpc) is 3.78. The summed E-state index contributed by atoms with van der Waals surface area (Å²) in [7, 11) is 0. The standard InChI is InChI=1S/C33H30N3O.C13H12N.Ir/c1-20(2)25-9-8-10-26(21(3)4)32(25)36-30-12-7-6-11-29(30)35-33(36)28-19-37-31-14-13-23(18-27(28)31)24-15-16-34-22(5)17-24;1-10-3-6-12(7-4-10)13-8-5-11(2)9-14-13;/h6-18,20-21H,1-5H3;3-6,8-9H,1-2H3;/q2*-1;/i;1D3,2D3;. The topological polar surface area (TPSA) is 56.7 Å². The number of aromatic nitrogens is 4. The maximum atomic E-state index is 7.28. The van der Waals surface area contributed by atoms with Gasteiger partial charge in [-0.05, 0) is 83.4 Å². The number of nitrogens with zero attached hydrogens (tertiary/aromatic N) is 4. The van der Waals surface area contributed by atoms with Gasteiger partial charge in [0.2, 0.25) is 0 Å². The molecule has 0 aliphatic heterocycles. The van der Waals surface area contributed by atoms with Crippen molar-refractivity contribution in [3.05, 3.63) is 156 Å². The Morgan fingerprint density at radius 2 is 1.52 bits per heavy atom. The predicted octanol–water partition coefficient (Wildman–Crippen LogP) is 12.0. The van der Waals surface area contributed by atoms with Gasteiger partial charge < -0.3 is 14.0 Å². The molecule has 0 amide bonds. The van der Waals surface area contributed by atoms with Crippen LogP contribution in [0, 0.1) is 33.0 Å². The summed E-state index contributed by atoms with van der Waals surface area (Å²) < 4.78 is 51.9. The van der Waals surface area contributed by atoms with Crippen LogP contribution in [0.5, 0.6) is 0 Å². The first-order valence-corrected chi connectivity index (χ1v) is 17.1. The Morgan fingerprint density at radius 1 is 0.769 bits per heavy atom. The summed E-state index contributed by atoms with van der Waals surface area (Å²) in [5, 5.41) is 0.997. The molecule has 0 aliphatic rings. The first-order valence-electron chi connectivity index (χ1n) is 20.1. The Hall–Kier alpha value is -5.16. The molecule has 5 nitrogen and oxygen atoms in total. The molecule has 0 fully saturated rings. The van der Waals surface area contributed by atoms with Gasteiger partial charge in [-0.2, -0.15) is 0 Å². The minimum atomic E-state index is -2.18. The van der Waals surface area contributed by atoms with Gasteiger partial charge in [-0.15, -0.1) is 35.4 Å². The molecule has 0 N–H and O–H groups in total. The van der Waals surface area contributed by atoms with Crippen LogP contribution >= 0.6 is 0 Å². The number of fused-ring (bicyclic) bond motifs is 2. The van der Waals surface area contributed by atoms with E-state index in [9.17, 15) is 0 Å². The van der Waals surface area contributed by atoms with Crippen molar-refractivity contribution in [1.29, 1.82) is 0 Å². The van der Waals surface area contributed by atoms with Crippen LogP contribution in [0.2, 0.25) is 0 Å². The van der Waals surface area contributed by atoms with Crippen molar-refractivity contribution in [2.45, 2.75) is 60.2 Å². The van der Waals surface area contributed by atoms with Gasteiger partial charge in [0.25, 0.3) is 0 Å². The van der Waals surface area contributed by atoms with E-state index in [0.29, 0.717) is 23.1 Å². The van der Waals surface area contributed by atoms with Crippen LogP contribution < -0.4 is 0 Å². The molecule has 4 aromatic carbocycles. The molecule has 0 saturated heterocycles. The minimum Gasteiger partial charge on any atom is -0.557 e. The number of rotatable bonds is 6. The monoisotopic (exact) mass is 865 g/mol. The summed E-state index contributed by atoms with van der Waals surface area (Å²) in [6.07, 6.45) is 6.37. The molecule has 0 atom stereocenters. The summed E-state index contributed by atoms with van der Waals surface area (Å²) >= 11 is 0. The van der Waals surface area contributed by atoms with Gasteiger partial charge in [0, 0.05) is 64.0 Å². The van der Waals surface area contributed by atoms with Gasteiger partial charge >= 0.3 is 0 Å². The van der Waals surface area contributed by atoms with Crippen molar-refractivity contribution in [2.24, 2.45) is 0 Å². The second-order valence-electron chi connectivity index (χ2n) is 13.3. The van der Waals surface area contributed by atoms with Crippen LogP contribution in [0.25, 0.3) is 61.5 Å². The Labute approximate surface area is 328 Å². The van der Waals surface area contributed by atoms with Crippen molar-refractivity contribution >= 4 is 22.0 Å². The molecule has 0 bridgehead atoms. The number of aryl methyl sites for hydroxylation is 3. The number of para-hydroxylation sites is 3. The van der Waals surface area contributed by atoms with E-state index < -0.39 is 13.7 Å². The van der Waals surface area contributed by atoms with E-state index in [2.05, 4.69) is 109 Å². The fourth-order valence-electron chi connectivity index (χ4n) is 6.37. The van der Waals surface area contributed by atoms with Crippen LogP contribution in [0.3, 0.4) is 0 Å². The molecule has 4 heterocycles. The molecular formula is C46H42IrN4O-2. The largest absolute Gasteiger partial charge is 0.557 e. The van der Waals surface area contributed by atoms with E-state index in [1.807, 2.05) is 31.3 Å². The van der Waals surface area contributed by atoms with Crippen LogP contribution in [-0.4, -0.2) is 19.5 Å². The maximum absolute atomic E-state index is 7.28. The van der Waals surface area contributed by atoms with Crippen LogP contribution in [0.4, 0.5) is 0 Å². The van der Waals surface area contributed by atoms with Crippen LogP contribution in [0.15, 0.2) is 120 Å². The van der Waals surface area contributed by atoms with Crippen molar-refractivity contribution in [3.8, 4) is 39.5 Å². The third-order valence-corrected chi connectivity index (χ3v) is 8.94. The van der Waals surface area contributed by atoms with E-state index in [-0.39, 0.29) is 31.2 Å². The molecule has 6 heteroatoms. The minimum absolute atomic E-state index is 0. The number of furan rings is 1. The number of pyridine rings is 2. The molecule has 0 aliphatic carbocycles. The summed E-state index contributed by atoms with van der Waals surface area (Å²) in [5.41, 5.74) is 12.3. The third-order valence-electron chi connectivity index (χ3n) is 8.94. The zero-order valence-corrected chi connectivity index (χ0v) is 32.0. The summed E-state index contributed by atoms with van der Waals surface area (Å²) in [6, 6.07) is 35.9. The van der Waals surface area contributed by atoms with E-state index >= 15 is 0 Å². The Kier molecular flexibility index (Phi) is 8.83. The second-order valence-corrected chi connectivity index (χ2v) is 13.3. The molecule has 263 valence electrons. The molecule has 0 unspecified atom stereocenters. The van der Waals surface area contributed by atoms with Gasteiger partial charge in [0.05, 0.1) is 16.9 Å². The molecule has 0 spiro atoms. The van der Waals surface area contributed by atoms with Crippen LogP contribution in [0.1, 0.15) is 75.7 Å². The van der Waals surface area contributed by atoms with Crippen molar-refractivity contribution in [3.63, 3.8) is 0 Å². The quantitative estimate of drug-likeness (QED) is 0.156. The number of imidazole rings is 1. The normalized spacial score (nSPS) is 13.4. The van der Waals surface area contributed by atoms with E-state index in [0.717, 1.165) is 50.2 Å². The fraction of sp³-hybridized carbons (Fsp3) is 0.196. The van der Waals surface area contributed by atoms with Gasteiger partial charge in [0.1, 0.15) is 0 Å². The Balaban J connectivity index is 0.000000230. The van der Waals surface area contributed by atoms with Gasteiger partial charge in [-0.1, -0.05) is 106 Å². The predicted molar refractivity (Wildman–Crippen MR) is 209 cm³/mol. The maximum Gasteiger partial charge on any atom is 0.0774 e. The molecule has 4 aromatic heterocycles. The molecular weight excluding hydrogens is 817 g/mol. The molecule has 8 rings (SSSR count). The zero-order chi connectivity index (χ0) is 40.6. The number of hydrogen-bond donors (Lipinski definition) is 0. The average molecular weight is 865 g/mol. The Morgan fingerprint density at radius 3 is 2.19 bits per heavy atom. The van der Waals surface area contributed by atoms with E-state index in [4.69, 9.17) is 17.6 Å². The summed E-state index contributed by atoms with van der Waals surface area (Å²) in [4.78, 5) is 13.6. The molecule has 8 aromatic rings. The Bertz CT molecular complexity index is 2600. The van der Waals surface area contributed by atoms with Crippen molar-refractivity contribution in [2.75, 3.05) is 0 Å². The van der Waals surface area contributed by atoms with Gasteiger partial charge in [-0.25, -0.2) is 0 Å². The van der Waals surface area contributed by atoms with Crippen molar-refractivity contribution < 1.29 is 32.7 Å². The smallest absolute Gasteiger partial charge is 0.0774 e. The zero-order valence-electron chi connectivity index (χ0n) is 35.7. The first kappa shape index (κ1) is 29.4. The van der Waals surface area contributed by atoms with Gasteiger partial charge in [-0.3, -0.25) is 9.97 Å². The van der Waals surface area contributed by atoms with Crippen molar-refractivity contribution in [1.82, 2.24) is 19.5 Å². The van der Waals surface area contributed by atoms with Gasteiger partial charge in [0.15, 0.2) is 0 Å². The second kappa shape index (κ2) is 15.6. The third kappa shape index (κ3) is 7.41.